The van der Waals surface area contributed by atoms with E-state index in [1.54, 1.807) is 53.1 Å². The monoisotopic (exact) mass is 467 g/mol. The Morgan fingerprint density at radius 1 is 0.914 bits per heavy atom. The minimum atomic E-state index is -1.20. The first-order valence-corrected chi connectivity index (χ1v) is 11.3. The van der Waals surface area contributed by atoms with Crippen LogP contribution in [0, 0.1) is 6.92 Å². The number of fused-ring (bicyclic) bond motifs is 2. The van der Waals surface area contributed by atoms with Crippen LogP contribution >= 0.6 is 0 Å². The molecule has 0 aliphatic carbocycles. The van der Waals surface area contributed by atoms with Gasteiger partial charge in [0.15, 0.2) is 6.04 Å². The third-order valence-electron chi connectivity index (χ3n) is 6.51. The summed E-state index contributed by atoms with van der Waals surface area (Å²) in [6.07, 6.45) is 2.00. The zero-order chi connectivity index (χ0) is 24.7. The molecule has 0 aliphatic rings. The summed E-state index contributed by atoms with van der Waals surface area (Å²) in [5.74, 6) is -0.682. The molecule has 35 heavy (non-hydrogen) atoms. The van der Waals surface area contributed by atoms with E-state index >= 15 is 0 Å². The standard InChI is InChI=1S/C28H25N3O4/c1-18-10-9-15-23-24(18)20(16-29(23)2)17-30-22-14-8-7-13-21(22)26(32)31(28(30)34)25(27(33)35-3)19-11-5-4-6-12-19/h4-16,25H,17H2,1-3H3. The Hall–Kier alpha value is -4.39. The summed E-state index contributed by atoms with van der Waals surface area (Å²) in [5.41, 5.74) is 3.02. The molecule has 5 aromatic rings. The predicted octanol–water partition coefficient (Wildman–Crippen LogP) is 3.77. The van der Waals surface area contributed by atoms with Gasteiger partial charge >= 0.3 is 11.7 Å². The number of rotatable bonds is 5. The van der Waals surface area contributed by atoms with E-state index in [1.165, 1.54) is 7.11 Å². The Morgan fingerprint density at radius 2 is 1.60 bits per heavy atom. The molecule has 0 aliphatic heterocycles. The first kappa shape index (κ1) is 22.4. The molecule has 1 unspecified atom stereocenters. The number of methoxy groups -OCH3 is 1. The summed E-state index contributed by atoms with van der Waals surface area (Å²) in [6.45, 7) is 2.28. The van der Waals surface area contributed by atoms with Gasteiger partial charge < -0.3 is 9.30 Å². The molecule has 0 amide bonds. The minimum absolute atomic E-state index is 0.241. The van der Waals surface area contributed by atoms with E-state index in [2.05, 4.69) is 0 Å². The van der Waals surface area contributed by atoms with Gasteiger partial charge in [0, 0.05) is 24.1 Å². The quantitative estimate of drug-likeness (QED) is 0.369. The summed E-state index contributed by atoms with van der Waals surface area (Å²) in [4.78, 5) is 40.5. The fourth-order valence-electron chi connectivity index (χ4n) is 4.88. The topological polar surface area (TPSA) is 75.2 Å². The molecule has 0 spiro atoms. The predicted molar refractivity (Wildman–Crippen MR) is 136 cm³/mol. The van der Waals surface area contributed by atoms with Gasteiger partial charge in [0.2, 0.25) is 0 Å². The van der Waals surface area contributed by atoms with Gasteiger partial charge in [0.25, 0.3) is 5.56 Å². The number of nitrogens with zero attached hydrogens (tertiary/aromatic N) is 3. The number of para-hydroxylation sites is 1. The summed E-state index contributed by atoms with van der Waals surface area (Å²) in [7, 11) is 3.22. The lowest BCUT2D eigenvalue weighted by atomic mass is 10.1. The van der Waals surface area contributed by atoms with Crippen LogP contribution in [0.25, 0.3) is 21.8 Å². The molecule has 3 aromatic carbocycles. The molecular formula is C28H25N3O4. The summed E-state index contributed by atoms with van der Waals surface area (Å²) < 4.78 is 9.64. The van der Waals surface area contributed by atoms with Crippen molar-refractivity contribution in [3.05, 3.63) is 117 Å². The van der Waals surface area contributed by atoms with Crippen LogP contribution in [0.4, 0.5) is 0 Å². The highest BCUT2D eigenvalue weighted by Gasteiger charge is 2.29. The highest BCUT2D eigenvalue weighted by atomic mass is 16.5. The molecule has 0 N–H and O–H groups in total. The molecule has 1 atom stereocenters. The van der Waals surface area contributed by atoms with Gasteiger partial charge in [-0.2, -0.15) is 0 Å². The molecule has 0 fully saturated rings. The fourth-order valence-corrected chi connectivity index (χ4v) is 4.88. The van der Waals surface area contributed by atoms with E-state index < -0.39 is 23.3 Å². The lowest BCUT2D eigenvalue weighted by molar-refractivity contribution is -0.143. The number of aromatic nitrogens is 3. The van der Waals surface area contributed by atoms with Crippen molar-refractivity contribution < 1.29 is 9.53 Å². The maximum atomic E-state index is 14.0. The molecule has 176 valence electrons. The van der Waals surface area contributed by atoms with Crippen LogP contribution in [0.5, 0.6) is 0 Å². The second-order valence-electron chi connectivity index (χ2n) is 8.63. The van der Waals surface area contributed by atoms with E-state index in [0.717, 1.165) is 26.6 Å². The van der Waals surface area contributed by atoms with Crippen molar-refractivity contribution in [2.24, 2.45) is 7.05 Å². The Labute approximate surface area is 201 Å². The third-order valence-corrected chi connectivity index (χ3v) is 6.51. The smallest absolute Gasteiger partial charge is 0.333 e. The molecule has 5 rings (SSSR count). The normalized spacial score (nSPS) is 12.2. The van der Waals surface area contributed by atoms with Crippen LogP contribution in [0.3, 0.4) is 0 Å². The number of hydrogen-bond donors (Lipinski definition) is 0. The maximum Gasteiger partial charge on any atom is 0.333 e. The van der Waals surface area contributed by atoms with Gasteiger partial charge in [0.1, 0.15) is 0 Å². The van der Waals surface area contributed by atoms with Gasteiger partial charge in [-0.15, -0.1) is 0 Å². The first-order chi connectivity index (χ1) is 16.9. The Morgan fingerprint density at radius 3 is 2.34 bits per heavy atom. The lowest BCUT2D eigenvalue weighted by Gasteiger charge is -2.20. The lowest BCUT2D eigenvalue weighted by Crippen LogP contribution is -2.45. The van der Waals surface area contributed by atoms with Crippen LogP contribution < -0.4 is 11.2 Å². The number of benzene rings is 3. The molecule has 2 aromatic heterocycles. The Balaban J connectivity index is 1.82. The zero-order valence-corrected chi connectivity index (χ0v) is 19.8. The third kappa shape index (κ3) is 3.65. The molecule has 0 bridgehead atoms. The van der Waals surface area contributed by atoms with Crippen molar-refractivity contribution in [1.29, 1.82) is 0 Å². The van der Waals surface area contributed by atoms with E-state index in [-0.39, 0.29) is 6.54 Å². The molecule has 0 radical (unpaired) electrons. The average molecular weight is 468 g/mol. The molecular weight excluding hydrogens is 442 g/mol. The average Bonchev–Trinajstić information content (AvgIpc) is 3.20. The van der Waals surface area contributed by atoms with E-state index in [4.69, 9.17) is 4.74 Å². The van der Waals surface area contributed by atoms with Gasteiger partial charge in [-0.3, -0.25) is 9.36 Å². The number of carbonyl (C=O) groups excluding carboxylic acids is 1. The minimum Gasteiger partial charge on any atom is -0.467 e. The summed E-state index contributed by atoms with van der Waals surface area (Å²) >= 11 is 0. The van der Waals surface area contributed by atoms with E-state index in [0.29, 0.717) is 16.5 Å². The zero-order valence-electron chi connectivity index (χ0n) is 19.8. The molecule has 0 saturated carbocycles. The van der Waals surface area contributed by atoms with Gasteiger partial charge in [-0.1, -0.05) is 54.6 Å². The van der Waals surface area contributed by atoms with Crippen molar-refractivity contribution in [3.63, 3.8) is 0 Å². The van der Waals surface area contributed by atoms with Crippen LogP contribution in [0.1, 0.15) is 22.7 Å². The van der Waals surface area contributed by atoms with Crippen molar-refractivity contribution in [2.45, 2.75) is 19.5 Å². The van der Waals surface area contributed by atoms with Gasteiger partial charge in [-0.25, -0.2) is 14.2 Å². The fraction of sp³-hybridized carbons (Fsp3) is 0.179. The van der Waals surface area contributed by atoms with Crippen LogP contribution in [0.2, 0.25) is 0 Å². The molecule has 7 nitrogen and oxygen atoms in total. The number of aryl methyl sites for hydroxylation is 2. The van der Waals surface area contributed by atoms with Gasteiger partial charge in [-0.05, 0) is 41.8 Å². The largest absolute Gasteiger partial charge is 0.467 e. The number of esters is 1. The van der Waals surface area contributed by atoms with Crippen molar-refractivity contribution in [3.8, 4) is 0 Å². The van der Waals surface area contributed by atoms with Crippen molar-refractivity contribution in [1.82, 2.24) is 13.7 Å². The van der Waals surface area contributed by atoms with Crippen LogP contribution in [0.15, 0.2) is 88.6 Å². The molecule has 7 heteroatoms. The van der Waals surface area contributed by atoms with Crippen molar-refractivity contribution >= 4 is 27.8 Å². The number of ether oxygens (including phenoxy) is 1. The van der Waals surface area contributed by atoms with Crippen molar-refractivity contribution in [2.75, 3.05) is 7.11 Å². The SMILES string of the molecule is COC(=O)C(c1ccccc1)n1c(=O)c2ccccc2n(Cc2cn(C)c3cccc(C)c23)c1=O. The maximum absolute atomic E-state index is 14.0. The highest BCUT2D eigenvalue weighted by Crippen LogP contribution is 2.26. The Kier molecular flexibility index (Phi) is 5.61. The highest BCUT2D eigenvalue weighted by molar-refractivity contribution is 5.87. The molecule has 2 heterocycles. The second kappa shape index (κ2) is 8.76. The summed E-state index contributed by atoms with van der Waals surface area (Å²) in [6, 6.07) is 20.6. The van der Waals surface area contributed by atoms with Gasteiger partial charge in [0.05, 0.1) is 24.6 Å². The number of hydrogen-bond acceptors (Lipinski definition) is 4. The van der Waals surface area contributed by atoms with E-state index in [9.17, 15) is 14.4 Å². The number of carbonyl (C=O) groups is 1. The van der Waals surface area contributed by atoms with E-state index in [1.807, 2.05) is 49.0 Å². The second-order valence-corrected chi connectivity index (χ2v) is 8.63. The first-order valence-electron chi connectivity index (χ1n) is 11.3. The summed E-state index contributed by atoms with van der Waals surface area (Å²) in [5, 5.41) is 1.42. The van der Waals surface area contributed by atoms with Crippen LogP contribution in [-0.2, 0) is 23.1 Å². The molecule has 0 saturated heterocycles. The Bertz CT molecular complexity index is 1690. The van der Waals surface area contributed by atoms with Crippen LogP contribution in [-0.4, -0.2) is 26.8 Å².